The molecule has 0 saturated heterocycles. The fourth-order valence-electron chi connectivity index (χ4n) is 2.39. The summed E-state index contributed by atoms with van der Waals surface area (Å²) in [6.45, 7) is 4.38. The van der Waals surface area contributed by atoms with Gasteiger partial charge < -0.3 is 10.6 Å². The highest BCUT2D eigenvalue weighted by atomic mass is 35.5. The molecule has 0 aliphatic rings. The van der Waals surface area contributed by atoms with E-state index in [-0.39, 0.29) is 29.5 Å². The molecular weight excluding hydrogens is 317 g/mol. The molecule has 0 unspecified atom stereocenters. The number of pyridine rings is 1. The van der Waals surface area contributed by atoms with Gasteiger partial charge in [0.15, 0.2) is 11.7 Å². The molecule has 1 amide bonds. The lowest BCUT2D eigenvalue weighted by Gasteiger charge is -2.19. The molecule has 1 aromatic carbocycles. The van der Waals surface area contributed by atoms with Crippen molar-refractivity contribution >= 4 is 23.2 Å². The zero-order valence-corrected chi connectivity index (χ0v) is 13.8. The van der Waals surface area contributed by atoms with Crippen LogP contribution < -0.4 is 10.6 Å². The molecule has 4 nitrogen and oxygen atoms in total. The van der Waals surface area contributed by atoms with Crippen molar-refractivity contribution in [2.75, 3.05) is 11.9 Å². The first-order valence-corrected chi connectivity index (χ1v) is 7.84. The van der Waals surface area contributed by atoms with E-state index in [1.54, 1.807) is 30.5 Å². The smallest absolute Gasteiger partial charge is 0.279 e. The zero-order chi connectivity index (χ0) is 16.8. The van der Waals surface area contributed by atoms with Crippen LogP contribution in [0.15, 0.2) is 42.6 Å². The van der Waals surface area contributed by atoms with Crippen LogP contribution in [0.25, 0.3) is 0 Å². The highest BCUT2D eigenvalue weighted by Gasteiger charge is 2.20. The van der Waals surface area contributed by atoms with Gasteiger partial charge in [-0.15, -0.1) is 0 Å². The second-order valence-corrected chi connectivity index (χ2v) is 6.01. The van der Waals surface area contributed by atoms with Gasteiger partial charge in [0.25, 0.3) is 5.91 Å². The van der Waals surface area contributed by atoms with Gasteiger partial charge in [-0.05, 0) is 24.3 Å². The third-order valence-corrected chi connectivity index (χ3v) is 3.86. The average molecular weight is 337 g/mol. The largest absolute Gasteiger partial charge is 0.332 e. The van der Waals surface area contributed by atoms with Crippen LogP contribution in [0.3, 0.4) is 0 Å². The van der Waals surface area contributed by atoms with Crippen LogP contribution in [0.2, 0.25) is 5.15 Å². The van der Waals surface area contributed by atoms with Crippen LogP contribution in [-0.4, -0.2) is 17.4 Å². The zero-order valence-electron chi connectivity index (χ0n) is 13.1. The van der Waals surface area contributed by atoms with Gasteiger partial charge >= 0.3 is 0 Å². The van der Waals surface area contributed by atoms with E-state index in [0.29, 0.717) is 11.6 Å². The topological polar surface area (TPSA) is 58.6 Å². The number of quaternary nitrogens is 1. The summed E-state index contributed by atoms with van der Waals surface area (Å²) in [7, 11) is 0. The molecule has 0 fully saturated rings. The summed E-state index contributed by atoms with van der Waals surface area (Å²) in [5, 5.41) is 4.95. The Balaban J connectivity index is 1.97. The number of carbonyl (C=O) groups is 1. The van der Waals surface area contributed by atoms with Crippen molar-refractivity contribution in [2.24, 2.45) is 5.92 Å². The Labute approximate surface area is 140 Å². The van der Waals surface area contributed by atoms with Crippen molar-refractivity contribution < 1.29 is 14.5 Å². The Morgan fingerprint density at radius 2 is 2.00 bits per heavy atom. The summed E-state index contributed by atoms with van der Waals surface area (Å²) in [5.41, 5.74) is 1.49. The molecule has 1 atom stereocenters. The monoisotopic (exact) mass is 336 g/mol. The molecule has 0 radical (unpaired) electrons. The average Bonchev–Trinajstić information content (AvgIpc) is 2.51. The number of amides is 1. The maximum atomic E-state index is 13.1. The molecule has 0 bridgehead atoms. The lowest BCUT2D eigenvalue weighted by molar-refractivity contribution is -0.692. The van der Waals surface area contributed by atoms with Crippen molar-refractivity contribution in [1.29, 1.82) is 0 Å². The number of anilines is 1. The molecule has 2 aromatic rings. The molecule has 122 valence electrons. The summed E-state index contributed by atoms with van der Waals surface area (Å²) in [6, 6.07) is 9.87. The lowest BCUT2D eigenvalue weighted by Crippen LogP contribution is -2.88. The molecule has 0 spiro atoms. The Bertz CT molecular complexity index is 661. The predicted molar refractivity (Wildman–Crippen MR) is 88.6 cm³/mol. The van der Waals surface area contributed by atoms with E-state index in [2.05, 4.69) is 24.1 Å². The molecule has 3 N–H and O–H groups in total. The number of nitrogens with two attached hydrogens (primary N) is 1. The van der Waals surface area contributed by atoms with Gasteiger partial charge in [-0.1, -0.05) is 37.6 Å². The highest BCUT2D eigenvalue weighted by Crippen LogP contribution is 2.18. The number of rotatable bonds is 6. The standard InChI is InChI=1S/C17H19ClFN3O/c1-11(2)16(12-5-7-13(19)8-6-12)21-10-15(23)22-14-4-3-9-20-17(14)18/h3-9,11,16,21H,10H2,1-2H3,(H,22,23)/p+1/t16-/m1/s1. The molecule has 1 aromatic heterocycles. The molecule has 0 saturated carbocycles. The number of benzene rings is 1. The fourth-order valence-corrected chi connectivity index (χ4v) is 2.56. The SMILES string of the molecule is CC(C)[C@@H]([NH2+]CC(=O)Nc1cccnc1Cl)c1ccc(F)cc1. The van der Waals surface area contributed by atoms with Crippen molar-refractivity contribution in [3.05, 3.63) is 59.1 Å². The van der Waals surface area contributed by atoms with E-state index < -0.39 is 0 Å². The first-order valence-electron chi connectivity index (χ1n) is 7.46. The number of halogens is 2. The number of hydrogen-bond acceptors (Lipinski definition) is 2. The molecule has 23 heavy (non-hydrogen) atoms. The summed E-state index contributed by atoms with van der Waals surface area (Å²) in [4.78, 5) is 16.0. The summed E-state index contributed by atoms with van der Waals surface area (Å²) in [6.07, 6.45) is 1.56. The second kappa shape index (κ2) is 8.04. The van der Waals surface area contributed by atoms with E-state index in [1.807, 2.05) is 5.32 Å². The maximum absolute atomic E-state index is 13.1. The molecule has 6 heteroatoms. The summed E-state index contributed by atoms with van der Waals surface area (Å²) in [5.74, 6) is -0.122. The fraction of sp³-hybridized carbons (Fsp3) is 0.294. The first kappa shape index (κ1) is 17.4. The van der Waals surface area contributed by atoms with Crippen LogP contribution in [0.4, 0.5) is 10.1 Å². The van der Waals surface area contributed by atoms with Crippen molar-refractivity contribution in [3.63, 3.8) is 0 Å². The van der Waals surface area contributed by atoms with Crippen LogP contribution >= 0.6 is 11.6 Å². The Hall–Kier alpha value is -1.98. The number of nitrogens with one attached hydrogen (secondary N) is 1. The Morgan fingerprint density at radius 1 is 1.30 bits per heavy atom. The van der Waals surface area contributed by atoms with E-state index in [4.69, 9.17) is 11.6 Å². The van der Waals surface area contributed by atoms with Crippen molar-refractivity contribution in [1.82, 2.24) is 4.98 Å². The molecule has 1 heterocycles. The normalized spacial score (nSPS) is 12.2. The van der Waals surface area contributed by atoms with E-state index >= 15 is 0 Å². The van der Waals surface area contributed by atoms with Crippen molar-refractivity contribution in [2.45, 2.75) is 19.9 Å². The second-order valence-electron chi connectivity index (χ2n) is 5.65. The minimum atomic E-state index is -0.264. The van der Waals surface area contributed by atoms with Crippen LogP contribution in [0.5, 0.6) is 0 Å². The molecular formula is C17H20ClFN3O+. The van der Waals surface area contributed by atoms with Gasteiger partial charge in [0, 0.05) is 17.7 Å². The van der Waals surface area contributed by atoms with Crippen LogP contribution in [0, 0.1) is 11.7 Å². The third kappa shape index (κ3) is 5.01. The number of aromatic nitrogens is 1. The third-order valence-electron chi connectivity index (χ3n) is 3.56. The highest BCUT2D eigenvalue weighted by molar-refractivity contribution is 6.32. The minimum absolute atomic E-state index is 0.0747. The quantitative estimate of drug-likeness (QED) is 0.797. The van der Waals surface area contributed by atoms with E-state index in [1.165, 1.54) is 12.1 Å². The molecule has 0 aliphatic carbocycles. The van der Waals surface area contributed by atoms with Crippen LogP contribution in [-0.2, 0) is 4.79 Å². The number of hydrogen-bond donors (Lipinski definition) is 2. The number of carbonyl (C=O) groups excluding carboxylic acids is 1. The van der Waals surface area contributed by atoms with Crippen LogP contribution in [0.1, 0.15) is 25.5 Å². The minimum Gasteiger partial charge on any atom is -0.332 e. The van der Waals surface area contributed by atoms with Gasteiger partial charge in [-0.2, -0.15) is 0 Å². The van der Waals surface area contributed by atoms with Gasteiger partial charge in [0.1, 0.15) is 11.9 Å². The Morgan fingerprint density at radius 3 is 2.61 bits per heavy atom. The Kier molecular flexibility index (Phi) is 6.07. The first-order chi connectivity index (χ1) is 11.0. The van der Waals surface area contributed by atoms with E-state index in [0.717, 1.165) is 5.56 Å². The maximum Gasteiger partial charge on any atom is 0.279 e. The predicted octanol–water partition coefficient (Wildman–Crippen LogP) is 2.77. The van der Waals surface area contributed by atoms with Gasteiger partial charge in [-0.25, -0.2) is 9.37 Å². The summed E-state index contributed by atoms with van der Waals surface area (Å²) >= 11 is 5.92. The molecule has 0 aliphatic heterocycles. The van der Waals surface area contributed by atoms with Gasteiger partial charge in [-0.3, -0.25) is 4.79 Å². The van der Waals surface area contributed by atoms with Gasteiger partial charge in [0.2, 0.25) is 0 Å². The summed E-state index contributed by atoms with van der Waals surface area (Å²) < 4.78 is 13.1. The lowest BCUT2D eigenvalue weighted by atomic mass is 9.96. The van der Waals surface area contributed by atoms with E-state index in [9.17, 15) is 9.18 Å². The molecule has 2 rings (SSSR count). The number of nitrogens with zero attached hydrogens (tertiary/aromatic N) is 1. The van der Waals surface area contributed by atoms with Gasteiger partial charge in [0.05, 0.1) is 5.69 Å². The van der Waals surface area contributed by atoms with Crippen molar-refractivity contribution in [3.8, 4) is 0 Å².